The lowest BCUT2D eigenvalue weighted by atomic mass is 9.94. The van der Waals surface area contributed by atoms with Crippen molar-refractivity contribution in [1.29, 1.82) is 0 Å². The number of furan rings is 1. The highest BCUT2D eigenvalue weighted by atomic mass is 32.2. The number of esters is 1. The molecule has 216 valence electrons. The molecule has 2 aromatic carbocycles. The van der Waals surface area contributed by atoms with E-state index in [1.807, 2.05) is 25.1 Å². The van der Waals surface area contributed by atoms with E-state index in [9.17, 15) is 18.0 Å². The standard InChI is InChI=1S/C31H36F3NO4S/c1-4-37-29(36)19-38-28-15-14-26(16-21(28)2)40-20-23-18-39-30(22-10-12-24(13-11-22)31(32,33)34)27(23)17-35(3)25-8-6-5-7-9-25/h10-16,18,25H,4-9,17,19-20H2,1-3H3. The van der Waals surface area contributed by atoms with Crippen molar-refractivity contribution in [2.45, 2.75) is 75.4 Å². The summed E-state index contributed by atoms with van der Waals surface area (Å²) in [7, 11) is 2.12. The SMILES string of the molecule is CCOC(=O)COc1ccc(SCc2coc(-c3ccc(C(F)(F)F)cc3)c2CN(C)C2CCCCC2)cc1C. The number of hydrogen-bond acceptors (Lipinski definition) is 6. The molecule has 1 fully saturated rings. The maximum absolute atomic E-state index is 13.1. The summed E-state index contributed by atoms with van der Waals surface area (Å²) < 4.78 is 56.0. The molecule has 1 saturated carbocycles. The minimum absolute atomic E-state index is 0.138. The van der Waals surface area contributed by atoms with Crippen molar-refractivity contribution < 1.29 is 31.9 Å². The molecule has 1 aliphatic carbocycles. The zero-order valence-electron chi connectivity index (χ0n) is 23.2. The molecular weight excluding hydrogens is 539 g/mol. The van der Waals surface area contributed by atoms with E-state index in [1.54, 1.807) is 24.9 Å². The van der Waals surface area contributed by atoms with E-state index in [4.69, 9.17) is 13.9 Å². The minimum Gasteiger partial charge on any atom is -0.482 e. The molecule has 0 aliphatic heterocycles. The molecule has 1 aliphatic rings. The summed E-state index contributed by atoms with van der Waals surface area (Å²) in [4.78, 5) is 15.0. The van der Waals surface area contributed by atoms with Crippen molar-refractivity contribution in [1.82, 2.24) is 4.90 Å². The van der Waals surface area contributed by atoms with Crippen LogP contribution in [0.5, 0.6) is 5.75 Å². The van der Waals surface area contributed by atoms with Crippen LogP contribution in [0.1, 0.15) is 61.3 Å². The molecule has 0 atom stereocenters. The lowest BCUT2D eigenvalue weighted by molar-refractivity contribution is -0.145. The molecule has 3 aromatic rings. The summed E-state index contributed by atoms with van der Waals surface area (Å²) in [5, 5.41) is 0. The van der Waals surface area contributed by atoms with Crippen LogP contribution in [-0.2, 0) is 28.0 Å². The number of benzene rings is 2. The second kappa shape index (κ2) is 13.6. The lowest BCUT2D eigenvalue weighted by Crippen LogP contribution is -2.33. The molecule has 0 spiro atoms. The monoisotopic (exact) mass is 575 g/mol. The van der Waals surface area contributed by atoms with Crippen LogP contribution in [0.25, 0.3) is 11.3 Å². The number of thioether (sulfide) groups is 1. The van der Waals surface area contributed by atoms with Crippen LogP contribution >= 0.6 is 11.8 Å². The molecule has 0 radical (unpaired) electrons. The van der Waals surface area contributed by atoms with Crippen molar-refractivity contribution in [2.75, 3.05) is 20.3 Å². The number of rotatable bonds is 11. The highest BCUT2D eigenvalue weighted by Gasteiger charge is 2.30. The Labute approximate surface area is 238 Å². The summed E-state index contributed by atoms with van der Waals surface area (Å²) in [5.74, 6) is 1.47. The summed E-state index contributed by atoms with van der Waals surface area (Å²) in [6, 6.07) is 11.5. The number of hydrogen-bond donors (Lipinski definition) is 0. The van der Waals surface area contributed by atoms with Crippen molar-refractivity contribution >= 4 is 17.7 Å². The Morgan fingerprint density at radius 1 is 1.10 bits per heavy atom. The molecular formula is C31H36F3NO4S. The molecule has 0 saturated heterocycles. The van der Waals surface area contributed by atoms with E-state index < -0.39 is 17.7 Å². The number of nitrogens with zero attached hydrogens (tertiary/aromatic N) is 1. The van der Waals surface area contributed by atoms with Crippen LogP contribution in [0.2, 0.25) is 0 Å². The van der Waals surface area contributed by atoms with Crippen LogP contribution in [0, 0.1) is 6.92 Å². The fraction of sp³-hybridized carbons (Fsp3) is 0.452. The Hall–Kier alpha value is -2.91. The minimum atomic E-state index is -4.38. The van der Waals surface area contributed by atoms with Gasteiger partial charge in [0.05, 0.1) is 18.4 Å². The predicted octanol–water partition coefficient (Wildman–Crippen LogP) is 8.27. The van der Waals surface area contributed by atoms with Crippen molar-refractivity contribution in [3.05, 3.63) is 71.0 Å². The van der Waals surface area contributed by atoms with Gasteiger partial charge in [0, 0.05) is 39.9 Å². The zero-order valence-corrected chi connectivity index (χ0v) is 24.0. The molecule has 1 aromatic heterocycles. The van der Waals surface area contributed by atoms with Gasteiger partial charge in [0.2, 0.25) is 0 Å². The Morgan fingerprint density at radius 3 is 2.48 bits per heavy atom. The Bertz CT molecular complexity index is 1270. The molecule has 1 heterocycles. The number of aryl methyl sites for hydroxylation is 1. The second-order valence-corrected chi connectivity index (χ2v) is 11.2. The average Bonchev–Trinajstić information content (AvgIpc) is 3.33. The van der Waals surface area contributed by atoms with Crippen LogP contribution < -0.4 is 4.74 Å². The van der Waals surface area contributed by atoms with E-state index in [-0.39, 0.29) is 6.61 Å². The first-order chi connectivity index (χ1) is 19.2. The van der Waals surface area contributed by atoms with Crippen molar-refractivity contribution in [2.24, 2.45) is 0 Å². The largest absolute Gasteiger partial charge is 0.482 e. The summed E-state index contributed by atoms with van der Waals surface area (Å²) in [6.07, 6.45) is 3.34. The molecule has 9 heteroatoms. The number of carbonyl (C=O) groups excluding carboxylic acids is 1. The van der Waals surface area contributed by atoms with E-state index in [2.05, 4.69) is 11.9 Å². The topological polar surface area (TPSA) is 51.9 Å². The molecule has 0 amide bonds. The van der Waals surface area contributed by atoms with E-state index in [0.717, 1.165) is 46.6 Å². The summed E-state index contributed by atoms with van der Waals surface area (Å²) in [6.45, 7) is 4.51. The van der Waals surface area contributed by atoms with E-state index in [0.29, 0.717) is 42.0 Å². The van der Waals surface area contributed by atoms with Gasteiger partial charge < -0.3 is 13.9 Å². The normalized spacial score (nSPS) is 14.5. The maximum atomic E-state index is 13.1. The molecule has 0 N–H and O–H groups in total. The van der Waals surface area contributed by atoms with Gasteiger partial charge in [-0.25, -0.2) is 4.79 Å². The van der Waals surface area contributed by atoms with Crippen molar-refractivity contribution in [3.63, 3.8) is 0 Å². The molecule has 5 nitrogen and oxygen atoms in total. The van der Waals surface area contributed by atoms with Crippen molar-refractivity contribution in [3.8, 4) is 17.1 Å². The van der Waals surface area contributed by atoms with E-state index >= 15 is 0 Å². The third-order valence-electron chi connectivity index (χ3n) is 7.25. The van der Waals surface area contributed by atoms with Gasteiger partial charge in [0.15, 0.2) is 6.61 Å². The van der Waals surface area contributed by atoms with Gasteiger partial charge >= 0.3 is 12.1 Å². The van der Waals surface area contributed by atoms with Gasteiger partial charge in [-0.15, -0.1) is 11.8 Å². The number of carbonyl (C=O) groups is 1. The van der Waals surface area contributed by atoms with E-state index in [1.165, 1.54) is 31.4 Å². The number of alkyl halides is 3. The van der Waals surface area contributed by atoms with Gasteiger partial charge in [0.1, 0.15) is 11.5 Å². The van der Waals surface area contributed by atoms with Gasteiger partial charge in [-0.1, -0.05) is 31.4 Å². The lowest BCUT2D eigenvalue weighted by Gasteiger charge is -2.31. The zero-order chi connectivity index (χ0) is 28.7. The van der Waals surface area contributed by atoms with Crippen LogP contribution in [0.3, 0.4) is 0 Å². The third-order valence-corrected chi connectivity index (χ3v) is 8.29. The first kappa shape index (κ1) is 30.1. The van der Waals surface area contributed by atoms with Gasteiger partial charge in [-0.3, -0.25) is 4.90 Å². The smallest absolute Gasteiger partial charge is 0.416 e. The molecule has 4 rings (SSSR count). The third kappa shape index (κ3) is 7.85. The molecule has 40 heavy (non-hydrogen) atoms. The highest BCUT2D eigenvalue weighted by Crippen LogP contribution is 2.37. The van der Waals surface area contributed by atoms with Crippen LogP contribution in [0.4, 0.5) is 13.2 Å². The fourth-order valence-corrected chi connectivity index (χ4v) is 6.03. The van der Waals surface area contributed by atoms with Gasteiger partial charge in [-0.2, -0.15) is 13.2 Å². The Balaban J connectivity index is 1.52. The first-order valence-corrected chi connectivity index (χ1v) is 14.6. The predicted molar refractivity (Wildman–Crippen MR) is 150 cm³/mol. The molecule has 0 unspecified atom stereocenters. The summed E-state index contributed by atoms with van der Waals surface area (Å²) >= 11 is 1.65. The quantitative estimate of drug-likeness (QED) is 0.169. The van der Waals surface area contributed by atoms with Gasteiger partial charge in [0.25, 0.3) is 0 Å². The maximum Gasteiger partial charge on any atom is 0.416 e. The fourth-order valence-electron chi connectivity index (χ4n) is 5.04. The van der Waals surface area contributed by atoms with Crippen LogP contribution in [-0.4, -0.2) is 37.2 Å². The number of ether oxygens (including phenoxy) is 2. The van der Waals surface area contributed by atoms with Crippen LogP contribution in [0.15, 0.2) is 58.0 Å². The summed E-state index contributed by atoms with van der Waals surface area (Å²) in [5.41, 5.74) is 2.89. The Morgan fingerprint density at radius 2 is 1.82 bits per heavy atom. The number of halogens is 3. The highest BCUT2D eigenvalue weighted by molar-refractivity contribution is 7.98. The second-order valence-electron chi connectivity index (χ2n) is 10.2. The van der Waals surface area contributed by atoms with Gasteiger partial charge in [-0.05, 0) is 69.6 Å². The molecule has 0 bridgehead atoms. The Kier molecular flexibility index (Phi) is 10.2. The average molecular weight is 576 g/mol. The first-order valence-electron chi connectivity index (χ1n) is 13.6.